The van der Waals surface area contributed by atoms with Gasteiger partial charge in [-0.05, 0) is 43.5 Å². The molecule has 7 heteroatoms. The van der Waals surface area contributed by atoms with Crippen molar-refractivity contribution in [2.75, 3.05) is 11.9 Å². The molecule has 0 atom stereocenters. The highest BCUT2D eigenvalue weighted by molar-refractivity contribution is 7.53. The number of carbonyl (C=O) groups excluding carboxylic acids is 1. The van der Waals surface area contributed by atoms with Gasteiger partial charge in [-0.3, -0.25) is 9.36 Å². The van der Waals surface area contributed by atoms with E-state index < -0.39 is 12.8 Å². The van der Waals surface area contributed by atoms with E-state index in [0.29, 0.717) is 43.5 Å². The van der Waals surface area contributed by atoms with E-state index in [0.717, 1.165) is 0 Å². The molecule has 0 fully saturated rings. The minimum atomic E-state index is -4.29. The SMILES string of the molecule is CCC(CC)(c1ccc(NC(=O)CCCN)cc1)P(=O)(O)O. The van der Waals surface area contributed by atoms with Crippen LogP contribution < -0.4 is 11.1 Å². The first kappa shape index (κ1) is 18.8. The number of amides is 1. The molecule has 0 saturated carbocycles. The van der Waals surface area contributed by atoms with Crippen molar-refractivity contribution in [2.24, 2.45) is 5.73 Å². The first-order chi connectivity index (χ1) is 10.3. The first-order valence-corrected chi connectivity index (χ1v) is 9.08. The first-order valence-electron chi connectivity index (χ1n) is 7.46. The van der Waals surface area contributed by atoms with Crippen LogP contribution in [0.15, 0.2) is 24.3 Å². The normalized spacial score (nSPS) is 12.2. The third-order valence-electron chi connectivity index (χ3n) is 4.04. The number of nitrogens with two attached hydrogens (primary N) is 1. The predicted molar refractivity (Wildman–Crippen MR) is 87.7 cm³/mol. The summed E-state index contributed by atoms with van der Waals surface area (Å²) in [6.07, 6.45) is 1.66. The van der Waals surface area contributed by atoms with Crippen molar-refractivity contribution < 1.29 is 19.1 Å². The van der Waals surface area contributed by atoms with E-state index in [1.807, 2.05) is 0 Å². The summed E-state index contributed by atoms with van der Waals surface area (Å²) < 4.78 is 11.9. The summed E-state index contributed by atoms with van der Waals surface area (Å²) in [5.74, 6) is -0.120. The molecule has 0 aromatic heterocycles. The highest BCUT2D eigenvalue weighted by atomic mass is 31.2. The molecular weight excluding hydrogens is 303 g/mol. The number of benzene rings is 1. The Bertz CT molecular complexity index is 535. The molecule has 1 aromatic carbocycles. The Morgan fingerprint density at radius 1 is 1.23 bits per heavy atom. The minimum Gasteiger partial charge on any atom is -0.330 e. The fourth-order valence-corrected chi connectivity index (χ4v) is 3.90. The number of rotatable bonds is 8. The van der Waals surface area contributed by atoms with Crippen LogP contribution in [0.2, 0.25) is 0 Å². The van der Waals surface area contributed by atoms with Crippen molar-refractivity contribution in [3.63, 3.8) is 0 Å². The maximum atomic E-state index is 11.9. The second-order valence-corrected chi connectivity index (χ2v) is 7.24. The molecule has 5 N–H and O–H groups in total. The highest BCUT2D eigenvalue weighted by Crippen LogP contribution is 2.60. The predicted octanol–water partition coefficient (Wildman–Crippen LogP) is 2.56. The Labute approximate surface area is 131 Å². The topological polar surface area (TPSA) is 113 Å². The molecule has 1 amide bonds. The van der Waals surface area contributed by atoms with E-state index in [1.165, 1.54) is 0 Å². The van der Waals surface area contributed by atoms with Crippen LogP contribution in [0.1, 0.15) is 45.1 Å². The monoisotopic (exact) mass is 328 g/mol. The van der Waals surface area contributed by atoms with Gasteiger partial charge in [-0.15, -0.1) is 0 Å². The molecule has 0 aliphatic carbocycles. The summed E-state index contributed by atoms with van der Waals surface area (Å²) in [7, 11) is -4.29. The molecule has 0 heterocycles. The van der Waals surface area contributed by atoms with Crippen LogP contribution in [0.5, 0.6) is 0 Å². The highest BCUT2D eigenvalue weighted by Gasteiger charge is 2.45. The standard InChI is InChI=1S/C15H25N2O4P/c1-3-15(4-2,22(19,20)21)12-7-9-13(10-8-12)17-14(18)6-5-11-16/h7-10H,3-6,11,16H2,1-2H3,(H,17,18)(H2,19,20,21). The van der Waals surface area contributed by atoms with Crippen molar-refractivity contribution in [1.82, 2.24) is 0 Å². The molecule has 0 spiro atoms. The Morgan fingerprint density at radius 2 is 1.77 bits per heavy atom. The summed E-state index contributed by atoms with van der Waals surface area (Å²) in [5, 5.41) is 1.57. The van der Waals surface area contributed by atoms with Gasteiger partial charge in [-0.2, -0.15) is 0 Å². The molecule has 0 saturated heterocycles. The smallest absolute Gasteiger partial charge is 0.330 e. The molecule has 124 valence electrons. The van der Waals surface area contributed by atoms with Crippen molar-refractivity contribution in [2.45, 2.75) is 44.7 Å². The van der Waals surface area contributed by atoms with Gasteiger partial charge in [-0.1, -0.05) is 26.0 Å². The van der Waals surface area contributed by atoms with Gasteiger partial charge in [-0.25, -0.2) is 0 Å². The second-order valence-electron chi connectivity index (χ2n) is 5.30. The Balaban J connectivity index is 2.96. The Hall–Kier alpha value is -1.20. The maximum absolute atomic E-state index is 11.9. The number of anilines is 1. The third kappa shape index (κ3) is 4.17. The van der Waals surface area contributed by atoms with Crippen molar-refractivity contribution >= 4 is 19.2 Å². The molecule has 0 unspecified atom stereocenters. The molecule has 1 aromatic rings. The summed E-state index contributed by atoms with van der Waals surface area (Å²) in [6, 6.07) is 6.69. The Kier molecular flexibility index (Phi) is 6.75. The van der Waals surface area contributed by atoms with Crippen LogP contribution >= 0.6 is 7.60 Å². The molecule has 1 rings (SSSR count). The summed E-state index contributed by atoms with van der Waals surface area (Å²) in [4.78, 5) is 31.1. The average molecular weight is 328 g/mol. The van der Waals surface area contributed by atoms with Crippen molar-refractivity contribution in [3.8, 4) is 0 Å². The molecule has 0 aliphatic rings. The number of carbonyl (C=O) groups is 1. The van der Waals surface area contributed by atoms with Crippen LogP contribution in [0.25, 0.3) is 0 Å². The fraction of sp³-hybridized carbons (Fsp3) is 0.533. The zero-order chi connectivity index (χ0) is 16.8. The average Bonchev–Trinajstić information content (AvgIpc) is 2.47. The lowest BCUT2D eigenvalue weighted by atomic mass is 9.92. The summed E-state index contributed by atoms with van der Waals surface area (Å²) in [6.45, 7) is 4.00. The van der Waals surface area contributed by atoms with E-state index in [-0.39, 0.29) is 5.91 Å². The van der Waals surface area contributed by atoms with Crippen LogP contribution in [-0.4, -0.2) is 22.2 Å². The molecule has 0 radical (unpaired) electrons. The lowest BCUT2D eigenvalue weighted by Crippen LogP contribution is -2.24. The summed E-state index contributed by atoms with van der Waals surface area (Å²) in [5.41, 5.74) is 6.55. The van der Waals surface area contributed by atoms with Crippen molar-refractivity contribution in [3.05, 3.63) is 29.8 Å². The third-order valence-corrected chi connectivity index (χ3v) is 6.05. The molecule has 0 aliphatic heterocycles. The second kappa shape index (κ2) is 7.88. The Morgan fingerprint density at radius 3 is 2.18 bits per heavy atom. The quantitative estimate of drug-likeness (QED) is 0.548. The van der Waals surface area contributed by atoms with E-state index in [2.05, 4.69) is 5.32 Å². The number of hydrogen-bond acceptors (Lipinski definition) is 3. The van der Waals surface area contributed by atoms with Crippen LogP contribution in [0.4, 0.5) is 5.69 Å². The van der Waals surface area contributed by atoms with Gasteiger partial charge in [0.15, 0.2) is 0 Å². The van der Waals surface area contributed by atoms with Crippen LogP contribution in [-0.2, 0) is 14.5 Å². The molecular formula is C15H25N2O4P. The molecule has 22 heavy (non-hydrogen) atoms. The lowest BCUT2D eigenvalue weighted by molar-refractivity contribution is -0.116. The lowest BCUT2D eigenvalue weighted by Gasteiger charge is -2.33. The zero-order valence-electron chi connectivity index (χ0n) is 13.1. The maximum Gasteiger partial charge on any atom is 0.335 e. The van der Waals surface area contributed by atoms with E-state index in [4.69, 9.17) is 5.73 Å². The zero-order valence-corrected chi connectivity index (χ0v) is 14.0. The fourth-order valence-electron chi connectivity index (χ4n) is 2.59. The summed E-state index contributed by atoms with van der Waals surface area (Å²) >= 11 is 0. The number of nitrogens with one attached hydrogen (secondary N) is 1. The van der Waals surface area contributed by atoms with E-state index in [1.54, 1.807) is 38.1 Å². The van der Waals surface area contributed by atoms with Gasteiger partial charge in [0, 0.05) is 12.1 Å². The van der Waals surface area contributed by atoms with Gasteiger partial charge >= 0.3 is 7.60 Å². The van der Waals surface area contributed by atoms with Gasteiger partial charge in [0.05, 0.1) is 5.16 Å². The molecule has 6 nitrogen and oxygen atoms in total. The minimum absolute atomic E-state index is 0.120. The largest absolute Gasteiger partial charge is 0.335 e. The van der Waals surface area contributed by atoms with Gasteiger partial charge in [0.1, 0.15) is 0 Å². The van der Waals surface area contributed by atoms with Gasteiger partial charge < -0.3 is 20.8 Å². The van der Waals surface area contributed by atoms with Gasteiger partial charge in [0.2, 0.25) is 5.91 Å². The number of hydrogen-bond donors (Lipinski definition) is 4. The molecule has 0 bridgehead atoms. The van der Waals surface area contributed by atoms with E-state index >= 15 is 0 Å². The van der Waals surface area contributed by atoms with Crippen LogP contribution in [0.3, 0.4) is 0 Å². The van der Waals surface area contributed by atoms with Crippen molar-refractivity contribution in [1.29, 1.82) is 0 Å². The van der Waals surface area contributed by atoms with Crippen LogP contribution in [0, 0.1) is 0 Å². The van der Waals surface area contributed by atoms with Gasteiger partial charge in [0.25, 0.3) is 0 Å². The van der Waals surface area contributed by atoms with E-state index in [9.17, 15) is 19.1 Å².